The third kappa shape index (κ3) is 4.69. The number of rotatable bonds is 6. The van der Waals surface area contributed by atoms with Crippen LogP contribution < -0.4 is 10.2 Å². The molecule has 0 aliphatic rings. The van der Waals surface area contributed by atoms with Crippen LogP contribution >= 0.6 is 34.8 Å². The highest BCUT2D eigenvalue weighted by Crippen LogP contribution is 2.34. The van der Waals surface area contributed by atoms with Gasteiger partial charge in [-0.25, -0.2) is 4.68 Å². The lowest BCUT2D eigenvalue weighted by Gasteiger charge is -2.07. The molecule has 0 fully saturated rings. The summed E-state index contributed by atoms with van der Waals surface area (Å²) in [5.41, 5.74) is 6.64. The van der Waals surface area contributed by atoms with E-state index in [1.54, 1.807) is 30.1 Å². The molecule has 0 unspecified atom stereocenters. The molecule has 0 atom stereocenters. The van der Waals surface area contributed by atoms with E-state index in [9.17, 15) is 0 Å². The van der Waals surface area contributed by atoms with E-state index in [-0.39, 0.29) is 0 Å². The van der Waals surface area contributed by atoms with Gasteiger partial charge in [-0.1, -0.05) is 65.1 Å². The molecular weight excluding hydrogens is 455 g/mol. The maximum Gasteiger partial charge on any atom is 0.128 e. The zero-order chi connectivity index (χ0) is 21.8. The minimum Gasteiger partial charge on any atom is -0.496 e. The Balaban J connectivity index is 1.74. The van der Waals surface area contributed by atoms with E-state index in [1.807, 2.05) is 60.8 Å². The molecular formula is C23H17Cl3N4O. The van der Waals surface area contributed by atoms with E-state index >= 15 is 0 Å². The normalized spacial score (nSPS) is 11.1. The van der Waals surface area contributed by atoms with Gasteiger partial charge in [-0.15, -0.1) is 0 Å². The summed E-state index contributed by atoms with van der Waals surface area (Å²) in [6.45, 7) is 0. The van der Waals surface area contributed by atoms with Crippen molar-refractivity contribution < 1.29 is 4.74 Å². The third-order valence-corrected chi connectivity index (χ3v) is 5.33. The van der Waals surface area contributed by atoms with E-state index in [4.69, 9.17) is 44.6 Å². The van der Waals surface area contributed by atoms with Crippen molar-refractivity contribution in [2.75, 3.05) is 12.5 Å². The van der Waals surface area contributed by atoms with Crippen molar-refractivity contribution in [3.63, 3.8) is 0 Å². The fourth-order valence-electron chi connectivity index (χ4n) is 3.06. The average molecular weight is 472 g/mol. The largest absolute Gasteiger partial charge is 0.496 e. The molecule has 156 valence electrons. The number of nitrogens with zero attached hydrogens (tertiary/aromatic N) is 3. The molecule has 4 rings (SSSR count). The second-order valence-corrected chi connectivity index (χ2v) is 7.78. The molecule has 0 spiro atoms. The summed E-state index contributed by atoms with van der Waals surface area (Å²) in [5.74, 6) is 0.715. The molecule has 8 heteroatoms. The van der Waals surface area contributed by atoms with Crippen LogP contribution in [0.5, 0.6) is 5.75 Å². The van der Waals surface area contributed by atoms with Crippen LogP contribution in [0.3, 0.4) is 0 Å². The molecule has 1 heterocycles. The topological polar surface area (TPSA) is 51.4 Å². The van der Waals surface area contributed by atoms with Gasteiger partial charge in [0, 0.05) is 22.3 Å². The monoisotopic (exact) mass is 470 g/mol. The number of ether oxygens (including phenoxy) is 1. The van der Waals surface area contributed by atoms with E-state index in [2.05, 4.69) is 10.5 Å². The lowest BCUT2D eigenvalue weighted by Crippen LogP contribution is -1.95. The molecule has 4 aromatic rings. The van der Waals surface area contributed by atoms with Gasteiger partial charge in [0.15, 0.2) is 0 Å². The van der Waals surface area contributed by atoms with E-state index in [0.29, 0.717) is 26.5 Å². The van der Waals surface area contributed by atoms with Gasteiger partial charge in [0.2, 0.25) is 0 Å². The van der Waals surface area contributed by atoms with Crippen molar-refractivity contribution in [1.82, 2.24) is 9.78 Å². The first-order chi connectivity index (χ1) is 15.1. The van der Waals surface area contributed by atoms with Crippen LogP contribution in [-0.4, -0.2) is 23.1 Å². The van der Waals surface area contributed by atoms with Crippen molar-refractivity contribution in [3.8, 4) is 22.7 Å². The Morgan fingerprint density at radius 1 is 0.968 bits per heavy atom. The van der Waals surface area contributed by atoms with Gasteiger partial charge >= 0.3 is 0 Å². The van der Waals surface area contributed by atoms with Crippen LogP contribution in [0, 0.1) is 0 Å². The van der Waals surface area contributed by atoms with Gasteiger partial charge in [-0.2, -0.15) is 10.2 Å². The highest BCUT2D eigenvalue weighted by atomic mass is 35.5. The first-order valence-electron chi connectivity index (χ1n) is 9.29. The molecule has 5 nitrogen and oxygen atoms in total. The second-order valence-electron chi connectivity index (χ2n) is 6.53. The fourth-order valence-corrected chi connectivity index (χ4v) is 3.96. The number of benzene rings is 3. The van der Waals surface area contributed by atoms with Crippen molar-refractivity contribution in [2.45, 2.75) is 0 Å². The van der Waals surface area contributed by atoms with E-state index in [0.717, 1.165) is 22.5 Å². The molecule has 3 aromatic carbocycles. The molecule has 0 saturated heterocycles. The Morgan fingerprint density at radius 3 is 2.35 bits per heavy atom. The van der Waals surface area contributed by atoms with Crippen molar-refractivity contribution >= 4 is 46.7 Å². The highest BCUT2D eigenvalue weighted by Gasteiger charge is 2.15. The Morgan fingerprint density at radius 2 is 1.65 bits per heavy atom. The Kier molecular flexibility index (Phi) is 6.47. The zero-order valence-corrected chi connectivity index (χ0v) is 18.7. The number of hydrazone groups is 1. The van der Waals surface area contributed by atoms with Gasteiger partial charge in [0.1, 0.15) is 11.4 Å². The smallest absolute Gasteiger partial charge is 0.128 e. The average Bonchev–Trinajstić information content (AvgIpc) is 3.20. The van der Waals surface area contributed by atoms with Crippen LogP contribution in [0.4, 0.5) is 5.69 Å². The zero-order valence-electron chi connectivity index (χ0n) is 16.4. The third-order valence-electron chi connectivity index (χ3n) is 4.51. The molecule has 0 bridgehead atoms. The van der Waals surface area contributed by atoms with Gasteiger partial charge in [-0.05, 0) is 36.4 Å². The predicted octanol–water partition coefficient (Wildman–Crippen LogP) is 6.95. The van der Waals surface area contributed by atoms with Crippen LogP contribution in [0.2, 0.25) is 15.1 Å². The SMILES string of the molecule is COc1ccccc1-c1nn(-c2ccccc2)cc1/C=N/Nc1c(Cl)cc(Cl)cc1Cl. The number of anilines is 1. The predicted molar refractivity (Wildman–Crippen MR) is 128 cm³/mol. The molecule has 31 heavy (non-hydrogen) atoms. The molecule has 0 aliphatic carbocycles. The van der Waals surface area contributed by atoms with Gasteiger partial charge in [-0.3, -0.25) is 5.43 Å². The maximum absolute atomic E-state index is 6.23. The van der Waals surface area contributed by atoms with Gasteiger partial charge < -0.3 is 4.74 Å². The number of nitrogens with one attached hydrogen (secondary N) is 1. The summed E-state index contributed by atoms with van der Waals surface area (Å²) in [6, 6.07) is 20.7. The van der Waals surface area contributed by atoms with E-state index < -0.39 is 0 Å². The Hall–Kier alpha value is -2.99. The minimum atomic E-state index is 0.375. The number of para-hydroxylation sites is 2. The number of aromatic nitrogens is 2. The molecule has 0 amide bonds. The molecule has 1 N–H and O–H groups in total. The Labute approximate surface area is 194 Å². The summed E-state index contributed by atoms with van der Waals surface area (Å²) in [5, 5.41) is 10.3. The van der Waals surface area contributed by atoms with Crippen LogP contribution in [0.1, 0.15) is 5.56 Å². The van der Waals surface area contributed by atoms with E-state index in [1.165, 1.54) is 0 Å². The van der Waals surface area contributed by atoms with Crippen molar-refractivity contribution in [2.24, 2.45) is 5.10 Å². The summed E-state index contributed by atoms with van der Waals surface area (Å²) in [6.07, 6.45) is 3.56. The van der Waals surface area contributed by atoms with Crippen LogP contribution in [0.25, 0.3) is 16.9 Å². The summed E-state index contributed by atoms with van der Waals surface area (Å²) in [4.78, 5) is 0. The highest BCUT2D eigenvalue weighted by molar-refractivity contribution is 6.41. The standard InChI is InChI=1S/C23H17Cl3N4O/c1-31-21-10-6-5-9-18(21)22-15(14-30(29-22)17-7-3-2-4-8-17)13-27-28-23-19(25)11-16(24)12-20(23)26/h2-14,28H,1H3/b27-13+. The molecule has 0 aliphatic heterocycles. The fraction of sp³-hybridized carbons (Fsp3) is 0.0435. The Bertz CT molecular complexity index is 1220. The summed E-state index contributed by atoms with van der Waals surface area (Å²) in [7, 11) is 1.63. The summed E-state index contributed by atoms with van der Waals surface area (Å²) < 4.78 is 7.33. The minimum absolute atomic E-state index is 0.375. The van der Waals surface area contributed by atoms with Crippen LogP contribution in [-0.2, 0) is 0 Å². The molecule has 0 radical (unpaired) electrons. The summed E-state index contributed by atoms with van der Waals surface area (Å²) >= 11 is 18.4. The molecule has 1 aromatic heterocycles. The quantitative estimate of drug-likeness (QED) is 0.244. The van der Waals surface area contributed by atoms with Gasteiger partial charge in [0.25, 0.3) is 0 Å². The molecule has 0 saturated carbocycles. The first kappa shape index (κ1) is 21.2. The van der Waals surface area contributed by atoms with Crippen LogP contribution in [0.15, 0.2) is 78.0 Å². The number of halogens is 3. The lowest BCUT2D eigenvalue weighted by molar-refractivity contribution is 0.416. The van der Waals surface area contributed by atoms with Crippen molar-refractivity contribution in [3.05, 3.63) is 93.6 Å². The maximum atomic E-state index is 6.23. The van der Waals surface area contributed by atoms with Crippen molar-refractivity contribution in [1.29, 1.82) is 0 Å². The number of hydrogen-bond donors (Lipinski definition) is 1. The number of hydrogen-bond acceptors (Lipinski definition) is 4. The van der Waals surface area contributed by atoms with Gasteiger partial charge in [0.05, 0.1) is 34.7 Å². The lowest BCUT2D eigenvalue weighted by atomic mass is 10.1. The first-order valence-corrected chi connectivity index (χ1v) is 10.4. The second kappa shape index (κ2) is 9.43. The number of methoxy groups -OCH3 is 1.